The van der Waals surface area contributed by atoms with Crippen LogP contribution in [-0.4, -0.2) is 5.91 Å². The average Bonchev–Trinajstić information content (AvgIpc) is 2.94. The summed E-state index contributed by atoms with van der Waals surface area (Å²) in [4.78, 5) is 12.1. The zero-order chi connectivity index (χ0) is 12.8. The summed E-state index contributed by atoms with van der Waals surface area (Å²) in [5.74, 6) is -0.251. The van der Waals surface area contributed by atoms with Gasteiger partial charge >= 0.3 is 0 Å². The molecular formula is C16H17NO. The van der Waals surface area contributed by atoms with E-state index in [2.05, 4.69) is 24.8 Å². The molecule has 0 radical (unpaired) electrons. The molecule has 92 valence electrons. The number of primary amides is 1. The van der Waals surface area contributed by atoms with Crippen molar-refractivity contribution in [1.29, 1.82) is 0 Å². The molecule has 0 saturated heterocycles. The van der Waals surface area contributed by atoms with Crippen LogP contribution in [0.25, 0.3) is 6.08 Å². The van der Waals surface area contributed by atoms with Gasteiger partial charge in [-0.1, -0.05) is 42.5 Å². The van der Waals surface area contributed by atoms with Crippen LogP contribution in [0.4, 0.5) is 0 Å². The molecule has 1 aromatic rings. The number of nitrogens with two attached hydrogens (primary N) is 1. The topological polar surface area (TPSA) is 43.1 Å². The van der Waals surface area contributed by atoms with Gasteiger partial charge in [-0.2, -0.15) is 0 Å². The summed E-state index contributed by atoms with van der Waals surface area (Å²) in [7, 11) is 0. The lowest BCUT2D eigenvalue weighted by molar-refractivity contribution is -0.122. The SMILES string of the molecule is C=C1CCCC1(C(N)=O)c1cccc2c1C=CC2. The standard InChI is InChI=1S/C16H17NO/c1-11-5-4-10-16(11,15(17)18)14-9-3-7-12-6-2-8-13(12)14/h2-3,7-9H,1,4-6,10H2,(H2,17,18). The Morgan fingerprint density at radius 3 is 2.89 bits per heavy atom. The highest BCUT2D eigenvalue weighted by molar-refractivity contribution is 5.92. The van der Waals surface area contributed by atoms with Crippen molar-refractivity contribution in [2.45, 2.75) is 31.1 Å². The van der Waals surface area contributed by atoms with Crippen molar-refractivity contribution in [1.82, 2.24) is 0 Å². The number of carbonyl (C=O) groups is 1. The molecule has 1 unspecified atom stereocenters. The Morgan fingerprint density at radius 2 is 2.22 bits per heavy atom. The molecule has 1 atom stereocenters. The molecule has 1 saturated carbocycles. The largest absolute Gasteiger partial charge is 0.369 e. The van der Waals surface area contributed by atoms with Gasteiger partial charge in [0.15, 0.2) is 0 Å². The lowest BCUT2D eigenvalue weighted by Gasteiger charge is -2.29. The van der Waals surface area contributed by atoms with E-state index in [0.717, 1.165) is 36.8 Å². The first-order valence-electron chi connectivity index (χ1n) is 6.43. The molecule has 2 heteroatoms. The first kappa shape index (κ1) is 11.3. The molecule has 2 N–H and O–H groups in total. The number of hydrogen-bond acceptors (Lipinski definition) is 1. The average molecular weight is 239 g/mol. The van der Waals surface area contributed by atoms with Crippen molar-refractivity contribution in [3.8, 4) is 0 Å². The van der Waals surface area contributed by atoms with E-state index in [1.54, 1.807) is 0 Å². The molecule has 18 heavy (non-hydrogen) atoms. The molecule has 0 spiro atoms. The quantitative estimate of drug-likeness (QED) is 0.792. The summed E-state index contributed by atoms with van der Waals surface area (Å²) < 4.78 is 0. The van der Waals surface area contributed by atoms with E-state index in [4.69, 9.17) is 5.73 Å². The maximum absolute atomic E-state index is 12.1. The Bertz CT molecular complexity index is 570. The van der Waals surface area contributed by atoms with Gasteiger partial charge in [0.25, 0.3) is 0 Å². The van der Waals surface area contributed by atoms with Crippen LogP contribution in [0.15, 0.2) is 36.4 Å². The van der Waals surface area contributed by atoms with E-state index in [9.17, 15) is 4.79 Å². The molecule has 2 aliphatic rings. The molecule has 0 heterocycles. The van der Waals surface area contributed by atoms with Crippen LogP contribution in [0, 0.1) is 0 Å². The smallest absolute Gasteiger partial charge is 0.232 e. The number of allylic oxidation sites excluding steroid dienone is 1. The van der Waals surface area contributed by atoms with E-state index in [1.807, 2.05) is 12.1 Å². The number of rotatable bonds is 2. The van der Waals surface area contributed by atoms with E-state index < -0.39 is 5.41 Å². The van der Waals surface area contributed by atoms with E-state index in [-0.39, 0.29) is 5.91 Å². The highest BCUT2D eigenvalue weighted by Gasteiger charge is 2.45. The van der Waals surface area contributed by atoms with Gasteiger partial charge in [0.1, 0.15) is 0 Å². The monoisotopic (exact) mass is 239 g/mol. The third-order valence-electron chi connectivity index (χ3n) is 4.33. The van der Waals surface area contributed by atoms with Gasteiger partial charge in [-0.15, -0.1) is 0 Å². The minimum absolute atomic E-state index is 0.251. The number of carbonyl (C=O) groups excluding carboxylic acids is 1. The summed E-state index contributed by atoms with van der Waals surface area (Å²) in [5.41, 5.74) is 9.59. The Morgan fingerprint density at radius 1 is 1.39 bits per heavy atom. The lowest BCUT2D eigenvalue weighted by Crippen LogP contribution is -2.40. The molecule has 1 amide bonds. The van der Waals surface area contributed by atoms with Crippen LogP contribution < -0.4 is 5.73 Å². The van der Waals surface area contributed by atoms with Crippen molar-refractivity contribution in [3.63, 3.8) is 0 Å². The summed E-state index contributed by atoms with van der Waals surface area (Å²) in [6, 6.07) is 6.18. The first-order valence-corrected chi connectivity index (χ1v) is 6.43. The summed E-state index contributed by atoms with van der Waals surface area (Å²) >= 11 is 0. The van der Waals surface area contributed by atoms with Crippen molar-refractivity contribution < 1.29 is 4.79 Å². The van der Waals surface area contributed by atoms with Gasteiger partial charge < -0.3 is 5.73 Å². The molecule has 1 aromatic carbocycles. The van der Waals surface area contributed by atoms with Crippen molar-refractivity contribution in [2.75, 3.05) is 0 Å². The third kappa shape index (κ3) is 1.32. The number of benzene rings is 1. The fourth-order valence-electron chi connectivity index (χ4n) is 3.38. The first-order chi connectivity index (χ1) is 8.66. The molecule has 2 nitrogen and oxygen atoms in total. The molecule has 2 aliphatic carbocycles. The maximum atomic E-state index is 12.1. The van der Waals surface area contributed by atoms with Crippen LogP contribution in [-0.2, 0) is 16.6 Å². The van der Waals surface area contributed by atoms with Crippen LogP contribution in [0.3, 0.4) is 0 Å². The normalized spacial score (nSPS) is 25.4. The number of amides is 1. The zero-order valence-electron chi connectivity index (χ0n) is 10.4. The van der Waals surface area contributed by atoms with Gasteiger partial charge in [0.05, 0.1) is 5.41 Å². The molecule has 0 aromatic heterocycles. The second kappa shape index (κ2) is 3.84. The summed E-state index contributed by atoms with van der Waals surface area (Å²) in [6.07, 6.45) is 7.89. The Balaban J connectivity index is 2.24. The van der Waals surface area contributed by atoms with Crippen molar-refractivity contribution >= 4 is 12.0 Å². The Labute approximate surface area is 107 Å². The second-order valence-corrected chi connectivity index (χ2v) is 5.21. The predicted molar refractivity (Wildman–Crippen MR) is 73.0 cm³/mol. The van der Waals surface area contributed by atoms with Gasteiger partial charge in [0, 0.05) is 0 Å². The van der Waals surface area contributed by atoms with Gasteiger partial charge in [-0.3, -0.25) is 4.79 Å². The van der Waals surface area contributed by atoms with Crippen LogP contribution in [0.5, 0.6) is 0 Å². The number of fused-ring (bicyclic) bond motifs is 1. The summed E-state index contributed by atoms with van der Waals surface area (Å²) in [5, 5.41) is 0. The van der Waals surface area contributed by atoms with E-state index in [1.165, 1.54) is 11.1 Å². The molecule has 0 bridgehead atoms. The highest BCUT2D eigenvalue weighted by Crippen LogP contribution is 2.47. The minimum atomic E-state index is -0.639. The van der Waals surface area contributed by atoms with Gasteiger partial charge in [-0.05, 0) is 42.4 Å². The summed E-state index contributed by atoms with van der Waals surface area (Å²) in [6.45, 7) is 4.11. The number of hydrogen-bond donors (Lipinski definition) is 1. The Kier molecular flexibility index (Phi) is 2.40. The van der Waals surface area contributed by atoms with Crippen LogP contribution in [0.2, 0.25) is 0 Å². The highest BCUT2D eigenvalue weighted by atomic mass is 16.1. The Hall–Kier alpha value is -1.83. The minimum Gasteiger partial charge on any atom is -0.369 e. The van der Waals surface area contributed by atoms with Crippen LogP contribution >= 0.6 is 0 Å². The fourth-order valence-corrected chi connectivity index (χ4v) is 3.38. The molecular weight excluding hydrogens is 222 g/mol. The van der Waals surface area contributed by atoms with E-state index in [0.29, 0.717) is 0 Å². The molecule has 0 aliphatic heterocycles. The fraction of sp³-hybridized carbons (Fsp3) is 0.312. The molecule has 3 rings (SSSR count). The second-order valence-electron chi connectivity index (χ2n) is 5.21. The maximum Gasteiger partial charge on any atom is 0.232 e. The van der Waals surface area contributed by atoms with Crippen molar-refractivity contribution in [2.24, 2.45) is 5.73 Å². The lowest BCUT2D eigenvalue weighted by atomic mass is 9.73. The van der Waals surface area contributed by atoms with E-state index >= 15 is 0 Å². The third-order valence-corrected chi connectivity index (χ3v) is 4.33. The zero-order valence-corrected chi connectivity index (χ0v) is 10.4. The van der Waals surface area contributed by atoms with Crippen LogP contribution in [0.1, 0.15) is 36.0 Å². The molecule has 1 fully saturated rings. The van der Waals surface area contributed by atoms with Crippen molar-refractivity contribution in [3.05, 3.63) is 53.1 Å². The van der Waals surface area contributed by atoms with Gasteiger partial charge in [-0.25, -0.2) is 0 Å². The predicted octanol–water partition coefficient (Wildman–Crippen LogP) is 2.72. The van der Waals surface area contributed by atoms with Gasteiger partial charge in [0.2, 0.25) is 5.91 Å².